The summed E-state index contributed by atoms with van der Waals surface area (Å²) in [5, 5.41) is 8.98. The minimum atomic E-state index is 0.259. The lowest BCUT2D eigenvalue weighted by Crippen LogP contribution is -1.93. The van der Waals surface area contributed by atoms with Crippen molar-refractivity contribution in [1.82, 2.24) is 0 Å². The van der Waals surface area contributed by atoms with Crippen molar-refractivity contribution < 1.29 is 5.11 Å². The Balaban J connectivity index is 2.75. The molecule has 0 fully saturated rings. The average molecular weight is 110 g/mol. The van der Waals surface area contributed by atoms with E-state index in [0.29, 0.717) is 5.76 Å². The Bertz CT molecular complexity index is 136. The Morgan fingerprint density at radius 3 is 2.25 bits per heavy atom. The molecule has 1 aliphatic rings. The molecule has 0 aromatic rings. The molecule has 0 aromatic heterocycles. The van der Waals surface area contributed by atoms with Gasteiger partial charge in [-0.1, -0.05) is 18.6 Å². The lowest BCUT2D eigenvalue weighted by molar-refractivity contribution is 0.365. The second kappa shape index (κ2) is 1.66. The smallest absolute Gasteiger partial charge is 0.0991 e. The van der Waals surface area contributed by atoms with Gasteiger partial charge in [0.05, 0.1) is 5.76 Å². The van der Waals surface area contributed by atoms with Gasteiger partial charge in [-0.15, -0.1) is 0 Å². The van der Waals surface area contributed by atoms with Crippen LogP contribution in [0.15, 0.2) is 23.5 Å². The monoisotopic (exact) mass is 110 g/mol. The zero-order chi connectivity index (χ0) is 6.15. The Hall–Kier alpha value is -0.720. The lowest BCUT2D eigenvalue weighted by atomic mass is 10.1. The van der Waals surface area contributed by atoms with E-state index in [-0.39, 0.29) is 5.92 Å². The molecule has 0 spiro atoms. The van der Waals surface area contributed by atoms with E-state index in [1.54, 1.807) is 6.08 Å². The molecule has 0 aliphatic heterocycles. The molecular weight excluding hydrogens is 100 g/mol. The second-order valence-electron chi connectivity index (χ2n) is 2.22. The van der Waals surface area contributed by atoms with Crippen LogP contribution in [0.2, 0.25) is 0 Å². The third kappa shape index (κ3) is 0.641. The van der Waals surface area contributed by atoms with Gasteiger partial charge in [0.25, 0.3) is 0 Å². The average Bonchev–Trinajstić information content (AvgIpc) is 1.98. The summed E-state index contributed by atoms with van der Waals surface area (Å²) in [4.78, 5) is 0. The van der Waals surface area contributed by atoms with Crippen molar-refractivity contribution in [2.75, 3.05) is 0 Å². The third-order valence-corrected chi connectivity index (χ3v) is 1.64. The van der Waals surface area contributed by atoms with Crippen molar-refractivity contribution in [2.24, 2.45) is 5.92 Å². The van der Waals surface area contributed by atoms with Crippen LogP contribution >= 0.6 is 0 Å². The number of aliphatic hydroxyl groups excluding tert-OH is 1. The van der Waals surface area contributed by atoms with Gasteiger partial charge in [0.2, 0.25) is 0 Å². The molecule has 0 saturated heterocycles. The molecular formula is C7H10O. The first-order valence-corrected chi connectivity index (χ1v) is 2.79. The largest absolute Gasteiger partial charge is 0.512 e. The molecule has 1 rings (SSSR count). The molecule has 0 heterocycles. The normalized spacial score (nSPS) is 27.5. The van der Waals surface area contributed by atoms with E-state index < -0.39 is 0 Å². The SMILES string of the molecule is CC1=CC=C(O)C1C. The molecule has 1 aliphatic carbocycles. The quantitative estimate of drug-likeness (QED) is 0.505. The summed E-state index contributed by atoms with van der Waals surface area (Å²) < 4.78 is 0. The maximum atomic E-state index is 8.98. The van der Waals surface area contributed by atoms with E-state index in [0.717, 1.165) is 0 Å². The molecule has 1 N–H and O–H groups in total. The predicted octanol–water partition coefficient (Wildman–Crippen LogP) is 2.02. The zero-order valence-electron chi connectivity index (χ0n) is 5.18. The van der Waals surface area contributed by atoms with E-state index in [4.69, 9.17) is 5.11 Å². The highest BCUT2D eigenvalue weighted by atomic mass is 16.3. The molecule has 1 unspecified atom stereocenters. The van der Waals surface area contributed by atoms with Crippen LogP contribution in [0.1, 0.15) is 13.8 Å². The van der Waals surface area contributed by atoms with Crippen LogP contribution in [-0.2, 0) is 0 Å². The van der Waals surface area contributed by atoms with Crippen LogP contribution in [0.4, 0.5) is 0 Å². The number of hydrogen-bond donors (Lipinski definition) is 1. The van der Waals surface area contributed by atoms with Crippen LogP contribution in [0.25, 0.3) is 0 Å². The Kier molecular flexibility index (Phi) is 1.12. The van der Waals surface area contributed by atoms with Crippen LogP contribution < -0.4 is 0 Å². The van der Waals surface area contributed by atoms with Crippen molar-refractivity contribution in [3.63, 3.8) is 0 Å². The molecule has 0 radical (unpaired) electrons. The maximum absolute atomic E-state index is 8.98. The van der Waals surface area contributed by atoms with Crippen LogP contribution in [0, 0.1) is 5.92 Å². The first kappa shape index (κ1) is 5.42. The summed E-state index contributed by atoms with van der Waals surface area (Å²) in [5.41, 5.74) is 1.24. The van der Waals surface area contributed by atoms with Gasteiger partial charge in [-0.05, 0) is 13.0 Å². The van der Waals surface area contributed by atoms with Gasteiger partial charge < -0.3 is 5.11 Å². The molecule has 44 valence electrons. The fourth-order valence-electron chi connectivity index (χ4n) is 0.739. The molecule has 1 nitrogen and oxygen atoms in total. The molecule has 0 amide bonds. The summed E-state index contributed by atoms with van der Waals surface area (Å²) in [6.07, 6.45) is 3.69. The maximum Gasteiger partial charge on any atom is 0.0991 e. The molecule has 8 heavy (non-hydrogen) atoms. The van der Waals surface area contributed by atoms with Gasteiger partial charge in [-0.3, -0.25) is 0 Å². The fourth-order valence-corrected chi connectivity index (χ4v) is 0.739. The third-order valence-electron chi connectivity index (χ3n) is 1.64. The number of rotatable bonds is 0. The van der Waals surface area contributed by atoms with E-state index >= 15 is 0 Å². The Morgan fingerprint density at radius 2 is 2.12 bits per heavy atom. The highest BCUT2D eigenvalue weighted by Gasteiger charge is 2.12. The minimum Gasteiger partial charge on any atom is -0.512 e. The molecule has 0 aromatic carbocycles. The van der Waals surface area contributed by atoms with Crippen LogP contribution in [0.3, 0.4) is 0 Å². The van der Waals surface area contributed by atoms with Crippen molar-refractivity contribution in [1.29, 1.82) is 0 Å². The molecule has 0 bridgehead atoms. The predicted molar refractivity (Wildman–Crippen MR) is 33.6 cm³/mol. The lowest BCUT2D eigenvalue weighted by Gasteiger charge is -2.02. The van der Waals surface area contributed by atoms with Gasteiger partial charge in [-0.25, -0.2) is 0 Å². The minimum absolute atomic E-state index is 0.259. The number of allylic oxidation sites excluding steroid dienone is 3. The van der Waals surface area contributed by atoms with Crippen molar-refractivity contribution in [3.8, 4) is 0 Å². The van der Waals surface area contributed by atoms with Crippen molar-refractivity contribution in [3.05, 3.63) is 23.5 Å². The second-order valence-corrected chi connectivity index (χ2v) is 2.22. The fraction of sp³-hybridized carbons (Fsp3) is 0.429. The highest BCUT2D eigenvalue weighted by molar-refractivity contribution is 5.28. The van der Waals surface area contributed by atoms with Gasteiger partial charge >= 0.3 is 0 Å². The molecule has 1 atom stereocenters. The summed E-state index contributed by atoms with van der Waals surface area (Å²) in [5.74, 6) is 0.748. The topological polar surface area (TPSA) is 20.2 Å². The summed E-state index contributed by atoms with van der Waals surface area (Å²) in [6.45, 7) is 4.01. The molecule has 0 saturated carbocycles. The van der Waals surface area contributed by atoms with Crippen LogP contribution in [-0.4, -0.2) is 5.11 Å². The van der Waals surface area contributed by atoms with Gasteiger partial charge in [-0.2, -0.15) is 0 Å². The Morgan fingerprint density at radius 1 is 1.50 bits per heavy atom. The number of aliphatic hydroxyl groups is 1. The van der Waals surface area contributed by atoms with E-state index in [9.17, 15) is 0 Å². The van der Waals surface area contributed by atoms with Crippen molar-refractivity contribution >= 4 is 0 Å². The summed E-state index contributed by atoms with van der Waals surface area (Å²) >= 11 is 0. The van der Waals surface area contributed by atoms with E-state index in [1.807, 2.05) is 19.9 Å². The first-order chi connectivity index (χ1) is 3.72. The van der Waals surface area contributed by atoms with Crippen molar-refractivity contribution in [2.45, 2.75) is 13.8 Å². The summed E-state index contributed by atoms with van der Waals surface area (Å²) in [6, 6.07) is 0. The molecule has 1 heteroatoms. The van der Waals surface area contributed by atoms with Crippen LogP contribution in [0.5, 0.6) is 0 Å². The standard InChI is InChI=1S/C7H10O/c1-5-3-4-7(8)6(5)2/h3-4,6,8H,1-2H3. The zero-order valence-corrected chi connectivity index (χ0v) is 5.18. The van der Waals surface area contributed by atoms with Gasteiger partial charge in [0.15, 0.2) is 0 Å². The van der Waals surface area contributed by atoms with E-state index in [2.05, 4.69) is 0 Å². The number of hydrogen-bond acceptors (Lipinski definition) is 1. The van der Waals surface area contributed by atoms with E-state index in [1.165, 1.54) is 5.57 Å². The van der Waals surface area contributed by atoms with Gasteiger partial charge in [0, 0.05) is 5.92 Å². The van der Waals surface area contributed by atoms with Gasteiger partial charge in [0.1, 0.15) is 0 Å². The highest BCUT2D eigenvalue weighted by Crippen LogP contribution is 2.22. The first-order valence-electron chi connectivity index (χ1n) is 2.79. The Labute approximate surface area is 49.3 Å². The summed E-state index contributed by atoms with van der Waals surface area (Å²) in [7, 11) is 0.